The number of carbonyl (C=O) groups excluding carboxylic acids is 1. The molecule has 0 bridgehead atoms. The molecule has 0 atom stereocenters. The highest BCUT2D eigenvalue weighted by atomic mass is 16.5. The lowest BCUT2D eigenvalue weighted by Crippen LogP contribution is -2.29. The molecule has 3 aromatic carbocycles. The molecule has 1 heterocycles. The Bertz CT molecular complexity index is 1340. The fourth-order valence-electron chi connectivity index (χ4n) is 3.63. The Morgan fingerprint density at radius 3 is 2.23 bits per heavy atom. The van der Waals surface area contributed by atoms with Crippen molar-refractivity contribution in [3.63, 3.8) is 0 Å². The predicted octanol–water partition coefficient (Wildman–Crippen LogP) is 4.89. The van der Waals surface area contributed by atoms with Crippen LogP contribution in [0.3, 0.4) is 0 Å². The van der Waals surface area contributed by atoms with Crippen LogP contribution >= 0.6 is 0 Å². The summed E-state index contributed by atoms with van der Waals surface area (Å²) in [5.74, 6) is 0.519. The van der Waals surface area contributed by atoms with E-state index in [-0.39, 0.29) is 11.5 Å². The average molecular weight is 412 g/mol. The number of anilines is 1. The maximum absolute atomic E-state index is 13.5. The topological polar surface area (TPSA) is 51.5 Å². The molecule has 0 N–H and O–H groups in total. The molecule has 0 fully saturated rings. The Balaban J connectivity index is 1.88. The van der Waals surface area contributed by atoms with Gasteiger partial charge in [-0.15, -0.1) is 0 Å². The second kappa shape index (κ2) is 8.11. The van der Waals surface area contributed by atoms with Crippen LogP contribution in [0.2, 0.25) is 0 Å². The summed E-state index contributed by atoms with van der Waals surface area (Å²) >= 11 is 0. The van der Waals surface area contributed by atoms with E-state index < -0.39 is 0 Å². The lowest BCUT2D eigenvalue weighted by Gasteiger charge is -2.20. The smallest absolute Gasteiger partial charge is 0.262 e. The van der Waals surface area contributed by atoms with Gasteiger partial charge in [-0.1, -0.05) is 24.3 Å². The fraction of sp³-hybridized carbons (Fsp3) is 0.154. The first-order chi connectivity index (χ1) is 14.9. The number of amides is 1. The van der Waals surface area contributed by atoms with E-state index in [4.69, 9.17) is 4.74 Å². The summed E-state index contributed by atoms with van der Waals surface area (Å²) < 4.78 is 6.73. The van der Waals surface area contributed by atoms with Crippen molar-refractivity contribution in [1.29, 1.82) is 0 Å². The van der Waals surface area contributed by atoms with Crippen LogP contribution in [0.5, 0.6) is 5.75 Å². The second-order valence-electron chi connectivity index (χ2n) is 7.59. The lowest BCUT2D eigenvalue weighted by molar-refractivity contribution is 0.0994. The maximum Gasteiger partial charge on any atom is 0.262 e. The highest BCUT2D eigenvalue weighted by Gasteiger charge is 2.20. The van der Waals surface area contributed by atoms with Crippen LogP contribution in [0.15, 0.2) is 77.7 Å². The molecule has 0 unspecified atom stereocenters. The number of hydrogen-bond acceptors (Lipinski definition) is 3. The fourth-order valence-corrected chi connectivity index (χ4v) is 3.63. The van der Waals surface area contributed by atoms with Crippen molar-refractivity contribution in [3.8, 4) is 11.4 Å². The maximum atomic E-state index is 13.5. The molecule has 4 rings (SSSR count). The minimum absolute atomic E-state index is 0.175. The summed E-state index contributed by atoms with van der Waals surface area (Å²) in [5.41, 5.74) is 4.05. The molecule has 0 aliphatic rings. The standard InChI is InChI=1S/C26H24N2O3/c1-17-9-10-20(15-18(17)2)27(3)25(29)24-16-28(19-11-13-21(31-4)14-12-19)26(30)23-8-6-5-7-22(23)24/h5-16H,1-4H3. The number of aryl methyl sites for hydroxylation is 2. The second-order valence-corrected chi connectivity index (χ2v) is 7.59. The van der Waals surface area contributed by atoms with E-state index in [9.17, 15) is 9.59 Å². The monoisotopic (exact) mass is 412 g/mol. The average Bonchev–Trinajstić information content (AvgIpc) is 2.80. The SMILES string of the molecule is COc1ccc(-n2cc(C(=O)N(C)c3ccc(C)c(C)c3)c3ccccc3c2=O)cc1. The quantitative estimate of drug-likeness (QED) is 0.479. The van der Waals surface area contributed by atoms with Crippen LogP contribution in [0.4, 0.5) is 5.69 Å². The van der Waals surface area contributed by atoms with Gasteiger partial charge in [-0.3, -0.25) is 14.2 Å². The normalized spacial score (nSPS) is 10.8. The molecule has 0 radical (unpaired) electrons. The molecule has 0 spiro atoms. The first-order valence-electron chi connectivity index (χ1n) is 10.0. The molecule has 0 aliphatic heterocycles. The molecule has 156 valence electrons. The Morgan fingerprint density at radius 2 is 1.58 bits per heavy atom. The first kappa shape index (κ1) is 20.4. The molecule has 5 heteroatoms. The number of hydrogen-bond donors (Lipinski definition) is 0. The third-order valence-electron chi connectivity index (χ3n) is 5.69. The number of rotatable bonds is 4. The zero-order valence-corrected chi connectivity index (χ0v) is 18.0. The Hall–Kier alpha value is -3.86. The van der Waals surface area contributed by atoms with Gasteiger partial charge < -0.3 is 9.64 Å². The number of aromatic nitrogens is 1. The molecule has 0 saturated carbocycles. The van der Waals surface area contributed by atoms with Gasteiger partial charge in [-0.05, 0) is 67.4 Å². The van der Waals surface area contributed by atoms with E-state index in [1.807, 2.05) is 50.2 Å². The van der Waals surface area contributed by atoms with Gasteiger partial charge in [0.05, 0.1) is 12.7 Å². The summed E-state index contributed by atoms with van der Waals surface area (Å²) in [6, 6.07) is 20.3. The molecule has 4 aromatic rings. The van der Waals surface area contributed by atoms with Crippen molar-refractivity contribution >= 4 is 22.4 Å². The Morgan fingerprint density at radius 1 is 0.903 bits per heavy atom. The van der Waals surface area contributed by atoms with Gasteiger partial charge in [-0.25, -0.2) is 0 Å². The van der Waals surface area contributed by atoms with Gasteiger partial charge in [-0.2, -0.15) is 0 Å². The lowest BCUT2D eigenvalue weighted by atomic mass is 10.0. The first-order valence-corrected chi connectivity index (χ1v) is 10.0. The zero-order valence-electron chi connectivity index (χ0n) is 18.0. The molecular formula is C26H24N2O3. The van der Waals surface area contributed by atoms with Crippen LogP contribution in [0.25, 0.3) is 16.5 Å². The Labute approximate surface area is 181 Å². The predicted molar refractivity (Wildman–Crippen MR) is 125 cm³/mol. The van der Waals surface area contributed by atoms with Gasteiger partial charge >= 0.3 is 0 Å². The molecule has 0 saturated heterocycles. The van der Waals surface area contributed by atoms with E-state index >= 15 is 0 Å². The summed E-state index contributed by atoms with van der Waals surface area (Å²) in [6.45, 7) is 4.07. The van der Waals surface area contributed by atoms with Crippen molar-refractivity contribution in [3.05, 3.63) is 100.0 Å². The van der Waals surface area contributed by atoms with E-state index in [0.717, 1.165) is 11.3 Å². The van der Waals surface area contributed by atoms with Crippen molar-refractivity contribution in [1.82, 2.24) is 4.57 Å². The van der Waals surface area contributed by atoms with Crippen LogP contribution in [-0.2, 0) is 0 Å². The third kappa shape index (κ3) is 3.70. The van der Waals surface area contributed by atoms with E-state index in [2.05, 4.69) is 0 Å². The van der Waals surface area contributed by atoms with Crippen molar-refractivity contribution in [2.24, 2.45) is 0 Å². The van der Waals surface area contributed by atoms with Gasteiger partial charge in [0.15, 0.2) is 0 Å². The number of ether oxygens (including phenoxy) is 1. The summed E-state index contributed by atoms with van der Waals surface area (Å²) in [6.07, 6.45) is 1.63. The molecule has 5 nitrogen and oxygen atoms in total. The van der Waals surface area contributed by atoms with Crippen LogP contribution in [0.1, 0.15) is 21.5 Å². The molecule has 31 heavy (non-hydrogen) atoms. The zero-order chi connectivity index (χ0) is 22.1. The third-order valence-corrected chi connectivity index (χ3v) is 5.69. The van der Waals surface area contributed by atoms with Gasteiger partial charge in [0, 0.05) is 35.4 Å². The van der Waals surface area contributed by atoms with Gasteiger partial charge in [0.2, 0.25) is 0 Å². The van der Waals surface area contributed by atoms with Crippen LogP contribution < -0.4 is 15.2 Å². The minimum Gasteiger partial charge on any atom is -0.497 e. The number of fused-ring (bicyclic) bond motifs is 1. The van der Waals surface area contributed by atoms with E-state index in [0.29, 0.717) is 27.8 Å². The molecular weight excluding hydrogens is 388 g/mol. The van der Waals surface area contributed by atoms with Crippen LogP contribution in [0, 0.1) is 13.8 Å². The number of nitrogens with zero attached hydrogens (tertiary/aromatic N) is 2. The summed E-state index contributed by atoms with van der Waals surface area (Å²) in [5, 5.41) is 1.13. The Kier molecular flexibility index (Phi) is 5.34. The largest absolute Gasteiger partial charge is 0.497 e. The number of methoxy groups -OCH3 is 1. The molecule has 1 amide bonds. The summed E-state index contributed by atoms with van der Waals surface area (Å²) in [7, 11) is 3.35. The highest BCUT2D eigenvalue weighted by molar-refractivity contribution is 6.13. The van der Waals surface area contributed by atoms with Crippen molar-refractivity contribution in [2.45, 2.75) is 13.8 Å². The van der Waals surface area contributed by atoms with E-state index in [1.165, 1.54) is 10.1 Å². The molecule has 0 aliphatic carbocycles. The van der Waals surface area contributed by atoms with Crippen LogP contribution in [-0.4, -0.2) is 24.6 Å². The summed E-state index contributed by atoms with van der Waals surface area (Å²) in [4.78, 5) is 28.4. The number of carbonyl (C=O) groups is 1. The highest BCUT2D eigenvalue weighted by Crippen LogP contribution is 2.24. The number of pyridine rings is 1. The van der Waals surface area contributed by atoms with E-state index in [1.54, 1.807) is 55.6 Å². The van der Waals surface area contributed by atoms with Crippen molar-refractivity contribution in [2.75, 3.05) is 19.1 Å². The van der Waals surface area contributed by atoms with Gasteiger partial charge in [0.1, 0.15) is 5.75 Å². The number of benzene rings is 3. The van der Waals surface area contributed by atoms with Crippen molar-refractivity contribution < 1.29 is 9.53 Å². The van der Waals surface area contributed by atoms with Gasteiger partial charge in [0.25, 0.3) is 11.5 Å². The molecule has 1 aromatic heterocycles. The minimum atomic E-state index is -0.179.